The Morgan fingerprint density at radius 1 is 1.00 bits per heavy atom. The molecule has 0 aromatic heterocycles. The Morgan fingerprint density at radius 3 is 2.10 bits per heavy atom. The van der Waals surface area contributed by atoms with Crippen LogP contribution in [0.25, 0.3) is 0 Å². The van der Waals surface area contributed by atoms with Crippen molar-refractivity contribution in [1.29, 1.82) is 0 Å². The van der Waals surface area contributed by atoms with E-state index in [0.717, 1.165) is 0 Å². The zero-order chi connectivity index (χ0) is 24.1. The third-order valence-corrected chi connectivity index (χ3v) is 4.16. The molecule has 31 heavy (non-hydrogen) atoms. The van der Waals surface area contributed by atoms with E-state index in [1.165, 1.54) is 6.92 Å². The third-order valence-electron chi connectivity index (χ3n) is 4.16. The number of nitrogens with zero attached hydrogens (tertiary/aromatic N) is 1. The molecule has 0 saturated carbocycles. The molecular weight excluding hydrogens is 410 g/mol. The fraction of sp³-hybridized carbons (Fsp3) is 0.722. The molecule has 0 saturated heterocycles. The zero-order valence-electron chi connectivity index (χ0n) is 18.1. The number of carboxylic acid groups (broad SMARTS) is 1. The highest BCUT2D eigenvalue weighted by Gasteiger charge is 2.26. The van der Waals surface area contributed by atoms with E-state index >= 15 is 0 Å². The number of hydrogen-bond acceptors (Lipinski definition) is 7. The van der Waals surface area contributed by atoms with E-state index in [2.05, 4.69) is 20.9 Å². The second-order valence-electron chi connectivity index (χ2n) is 7.58. The largest absolute Gasteiger partial charge is 0.480 e. The maximum absolute atomic E-state index is 12.5. The summed E-state index contributed by atoms with van der Waals surface area (Å²) in [5, 5.41) is 25.8. The van der Waals surface area contributed by atoms with Crippen molar-refractivity contribution in [2.75, 3.05) is 13.1 Å². The SMILES string of the molecule is CC(C)CC(NC(=O)CNC(=O)C(CCCN=C(N)N)NC(=O)C(N)C(C)O)C(=O)O. The van der Waals surface area contributed by atoms with E-state index in [-0.39, 0.29) is 31.3 Å². The maximum Gasteiger partial charge on any atom is 0.326 e. The molecule has 0 heterocycles. The van der Waals surface area contributed by atoms with Crippen LogP contribution in [-0.2, 0) is 19.2 Å². The Balaban J connectivity index is 4.96. The van der Waals surface area contributed by atoms with Crippen LogP contribution in [0.1, 0.15) is 40.0 Å². The predicted molar refractivity (Wildman–Crippen MR) is 114 cm³/mol. The first-order valence-electron chi connectivity index (χ1n) is 9.94. The minimum Gasteiger partial charge on any atom is -0.480 e. The average molecular weight is 446 g/mol. The van der Waals surface area contributed by atoms with E-state index in [9.17, 15) is 29.4 Å². The predicted octanol–water partition coefficient (Wildman–Crippen LogP) is -3.04. The summed E-state index contributed by atoms with van der Waals surface area (Å²) in [6.45, 7) is 4.69. The lowest BCUT2D eigenvalue weighted by Crippen LogP contribution is -2.55. The summed E-state index contributed by atoms with van der Waals surface area (Å²) in [7, 11) is 0. The van der Waals surface area contributed by atoms with Crippen molar-refractivity contribution in [2.24, 2.45) is 28.1 Å². The Labute approximate surface area is 181 Å². The molecule has 0 aliphatic carbocycles. The van der Waals surface area contributed by atoms with Gasteiger partial charge in [0.05, 0.1) is 12.6 Å². The number of carboxylic acids is 1. The Kier molecular flexibility index (Phi) is 12.8. The van der Waals surface area contributed by atoms with Gasteiger partial charge in [0.1, 0.15) is 18.1 Å². The molecule has 3 amide bonds. The molecular formula is C18H35N7O6. The number of aliphatic imine (C=N–C) groups is 1. The van der Waals surface area contributed by atoms with E-state index in [1.807, 2.05) is 13.8 Å². The number of amides is 3. The van der Waals surface area contributed by atoms with E-state index < -0.39 is 54.5 Å². The maximum atomic E-state index is 12.5. The molecule has 13 heteroatoms. The van der Waals surface area contributed by atoms with Gasteiger partial charge in [-0.15, -0.1) is 0 Å². The monoisotopic (exact) mass is 445 g/mol. The molecule has 11 N–H and O–H groups in total. The number of aliphatic carboxylic acids is 1. The molecule has 4 atom stereocenters. The van der Waals surface area contributed by atoms with Gasteiger partial charge in [-0.25, -0.2) is 4.79 Å². The van der Waals surface area contributed by atoms with Crippen LogP contribution in [0.2, 0.25) is 0 Å². The fourth-order valence-electron chi connectivity index (χ4n) is 2.49. The summed E-state index contributed by atoms with van der Waals surface area (Å²) < 4.78 is 0. The number of nitrogens with one attached hydrogen (secondary N) is 3. The fourth-order valence-corrected chi connectivity index (χ4v) is 2.49. The molecule has 0 fully saturated rings. The normalized spacial score (nSPS) is 14.6. The highest BCUT2D eigenvalue weighted by molar-refractivity contribution is 5.92. The first-order valence-corrected chi connectivity index (χ1v) is 9.94. The number of carbonyl (C=O) groups excluding carboxylic acids is 3. The Morgan fingerprint density at radius 2 is 1.61 bits per heavy atom. The standard InChI is InChI=1S/C18H35N7O6/c1-9(2)7-12(17(30)31)24-13(27)8-23-15(28)11(5-4-6-22-18(20)21)25-16(29)14(19)10(3)26/h9-12,14,26H,4-8,19H2,1-3H3,(H,23,28)(H,24,27)(H,25,29)(H,30,31)(H4,20,21,22). The van der Waals surface area contributed by atoms with E-state index in [1.54, 1.807) is 0 Å². The van der Waals surface area contributed by atoms with Crippen molar-refractivity contribution in [2.45, 2.75) is 64.3 Å². The van der Waals surface area contributed by atoms with Crippen molar-refractivity contribution in [1.82, 2.24) is 16.0 Å². The van der Waals surface area contributed by atoms with Crippen molar-refractivity contribution in [3.8, 4) is 0 Å². The summed E-state index contributed by atoms with van der Waals surface area (Å²) in [6.07, 6.45) is -0.435. The van der Waals surface area contributed by atoms with Gasteiger partial charge in [-0.3, -0.25) is 19.4 Å². The summed E-state index contributed by atoms with van der Waals surface area (Å²) >= 11 is 0. The average Bonchev–Trinajstić information content (AvgIpc) is 2.66. The number of carbonyl (C=O) groups is 4. The van der Waals surface area contributed by atoms with Crippen LogP contribution in [-0.4, -0.2) is 77.2 Å². The molecule has 0 spiro atoms. The van der Waals surface area contributed by atoms with Crippen LogP contribution in [0.5, 0.6) is 0 Å². The second-order valence-corrected chi connectivity index (χ2v) is 7.58. The molecule has 178 valence electrons. The number of nitrogens with two attached hydrogens (primary N) is 3. The zero-order valence-corrected chi connectivity index (χ0v) is 18.1. The minimum atomic E-state index is -1.25. The summed E-state index contributed by atoms with van der Waals surface area (Å²) in [6, 6.07) is -3.39. The van der Waals surface area contributed by atoms with Gasteiger partial charge in [0.2, 0.25) is 17.7 Å². The smallest absolute Gasteiger partial charge is 0.326 e. The second kappa shape index (κ2) is 14.1. The summed E-state index contributed by atoms with van der Waals surface area (Å²) in [5.74, 6) is -3.37. The van der Waals surface area contributed by atoms with Gasteiger partial charge < -0.3 is 43.4 Å². The lowest BCUT2D eigenvalue weighted by atomic mass is 10.0. The lowest BCUT2D eigenvalue weighted by Gasteiger charge is -2.22. The molecule has 0 aromatic carbocycles. The number of guanidine groups is 1. The van der Waals surface area contributed by atoms with Crippen LogP contribution in [0.3, 0.4) is 0 Å². The molecule has 4 unspecified atom stereocenters. The number of hydrogen-bond donors (Lipinski definition) is 8. The quantitative estimate of drug-likeness (QED) is 0.0769. The first kappa shape index (κ1) is 28.1. The van der Waals surface area contributed by atoms with Crippen molar-refractivity contribution >= 4 is 29.7 Å². The molecule has 0 aliphatic heterocycles. The minimum absolute atomic E-state index is 0.0407. The van der Waals surface area contributed by atoms with Crippen molar-refractivity contribution in [3.05, 3.63) is 0 Å². The van der Waals surface area contributed by atoms with Crippen molar-refractivity contribution < 1.29 is 29.4 Å². The topological polar surface area (TPSA) is 235 Å². The van der Waals surface area contributed by atoms with Crippen molar-refractivity contribution in [3.63, 3.8) is 0 Å². The van der Waals surface area contributed by atoms with Crippen LogP contribution < -0.4 is 33.2 Å². The number of aliphatic hydroxyl groups is 1. The lowest BCUT2D eigenvalue weighted by molar-refractivity contribution is -0.142. The van der Waals surface area contributed by atoms with E-state index in [0.29, 0.717) is 6.42 Å². The van der Waals surface area contributed by atoms with Gasteiger partial charge in [0, 0.05) is 6.54 Å². The van der Waals surface area contributed by atoms with Gasteiger partial charge >= 0.3 is 5.97 Å². The first-order chi connectivity index (χ1) is 14.3. The molecule has 0 bridgehead atoms. The molecule has 0 radical (unpaired) electrons. The third kappa shape index (κ3) is 12.4. The summed E-state index contributed by atoms with van der Waals surface area (Å²) in [5.41, 5.74) is 16.1. The Bertz CT molecular complexity index is 649. The molecule has 0 rings (SSSR count). The van der Waals surface area contributed by atoms with E-state index in [4.69, 9.17) is 17.2 Å². The molecule has 0 aliphatic rings. The number of aliphatic hydroxyl groups excluding tert-OH is 1. The number of rotatable bonds is 14. The van der Waals surface area contributed by atoms with Crippen LogP contribution in [0, 0.1) is 5.92 Å². The molecule has 0 aromatic rings. The van der Waals surface area contributed by atoms with Gasteiger partial charge in [0.25, 0.3) is 0 Å². The Hall–Kier alpha value is -2.93. The van der Waals surface area contributed by atoms with Gasteiger partial charge in [-0.05, 0) is 32.1 Å². The van der Waals surface area contributed by atoms with Gasteiger partial charge in [0.15, 0.2) is 5.96 Å². The van der Waals surface area contributed by atoms with Gasteiger partial charge in [-0.2, -0.15) is 0 Å². The van der Waals surface area contributed by atoms with Gasteiger partial charge in [-0.1, -0.05) is 13.8 Å². The van der Waals surface area contributed by atoms with Crippen LogP contribution in [0.4, 0.5) is 0 Å². The van der Waals surface area contributed by atoms with Crippen LogP contribution in [0.15, 0.2) is 4.99 Å². The molecule has 13 nitrogen and oxygen atoms in total. The van der Waals surface area contributed by atoms with Crippen LogP contribution >= 0.6 is 0 Å². The summed E-state index contributed by atoms with van der Waals surface area (Å²) in [4.78, 5) is 51.7. The highest BCUT2D eigenvalue weighted by Crippen LogP contribution is 2.05. The highest BCUT2D eigenvalue weighted by atomic mass is 16.4.